The zero-order valence-electron chi connectivity index (χ0n) is 10.5. The molecule has 0 bridgehead atoms. The predicted octanol–water partition coefficient (Wildman–Crippen LogP) is 3.16. The van der Waals surface area contributed by atoms with Gasteiger partial charge in [0.1, 0.15) is 5.75 Å². The van der Waals surface area contributed by atoms with E-state index in [0.717, 1.165) is 6.07 Å². The topological polar surface area (TPSA) is 30.5 Å². The van der Waals surface area contributed by atoms with Gasteiger partial charge in [-0.25, -0.2) is 0 Å². The molecule has 0 heterocycles. The van der Waals surface area contributed by atoms with E-state index in [-0.39, 0.29) is 17.5 Å². The van der Waals surface area contributed by atoms with Gasteiger partial charge in [0.2, 0.25) is 0 Å². The molecule has 0 saturated heterocycles. The highest BCUT2D eigenvalue weighted by Gasteiger charge is 2.34. The number of anilines is 1. The molecule has 0 aliphatic carbocycles. The standard InChI is InChI=1S/C12H16F3NO2/c1-8(7-17-2)16-11-5-4-9(18-3)6-10(11)12(13,14)15/h4-6,8,16H,7H2,1-3H3. The first-order chi connectivity index (χ1) is 8.38. The highest BCUT2D eigenvalue weighted by Crippen LogP contribution is 2.37. The van der Waals surface area contributed by atoms with Crippen molar-refractivity contribution < 1.29 is 22.6 Å². The van der Waals surface area contributed by atoms with Crippen LogP contribution in [0.2, 0.25) is 0 Å². The summed E-state index contributed by atoms with van der Waals surface area (Å²) in [4.78, 5) is 0. The van der Waals surface area contributed by atoms with Crippen LogP contribution in [0.15, 0.2) is 18.2 Å². The van der Waals surface area contributed by atoms with E-state index in [1.165, 1.54) is 26.4 Å². The summed E-state index contributed by atoms with van der Waals surface area (Å²) in [7, 11) is 2.83. The zero-order valence-corrected chi connectivity index (χ0v) is 10.5. The van der Waals surface area contributed by atoms with E-state index in [0.29, 0.717) is 6.61 Å². The summed E-state index contributed by atoms with van der Waals surface area (Å²) in [5.41, 5.74) is -0.724. The van der Waals surface area contributed by atoms with Crippen LogP contribution in [-0.2, 0) is 10.9 Å². The molecule has 1 aromatic carbocycles. The van der Waals surface area contributed by atoms with Gasteiger partial charge in [0, 0.05) is 18.8 Å². The van der Waals surface area contributed by atoms with E-state index < -0.39 is 11.7 Å². The normalized spacial score (nSPS) is 13.2. The number of nitrogens with one attached hydrogen (secondary N) is 1. The lowest BCUT2D eigenvalue weighted by Crippen LogP contribution is -2.23. The van der Waals surface area contributed by atoms with Crippen LogP contribution in [0.25, 0.3) is 0 Å². The quantitative estimate of drug-likeness (QED) is 0.885. The monoisotopic (exact) mass is 263 g/mol. The van der Waals surface area contributed by atoms with E-state index >= 15 is 0 Å². The van der Waals surface area contributed by atoms with Gasteiger partial charge in [-0.3, -0.25) is 0 Å². The van der Waals surface area contributed by atoms with Crippen molar-refractivity contribution in [3.63, 3.8) is 0 Å². The smallest absolute Gasteiger partial charge is 0.418 e. The van der Waals surface area contributed by atoms with E-state index in [2.05, 4.69) is 5.32 Å². The summed E-state index contributed by atoms with van der Waals surface area (Å²) in [5, 5.41) is 2.77. The lowest BCUT2D eigenvalue weighted by Gasteiger charge is -2.19. The van der Waals surface area contributed by atoms with Gasteiger partial charge in [-0.1, -0.05) is 0 Å². The Morgan fingerprint density at radius 3 is 2.44 bits per heavy atom. The second-order valence-electron chi connectivity index (χ2n) is 3.91. The van der Waals surface area contributed by atoms with Crippen molar-refractivity contribution in [1.29, 1.82) is 0 Å². The van der Waals surface area contributed by atoms with E-state index in [9.17, 15) is 13.2 Å². The Bertz CT molecular complexity index is 393. The number of alkyl halides is 3. The van der Waals surface area contributed by atoms with Crippen molar-refractivity contribution in [2.75, 3.05) is 26.1 Å². The second kappa shape index (κ2) is 5.95. The first-order valence-electron chi connectivity index (χ1n) is 5.39. The molecule has 1 unspecified atom stereocenters. The lowest BCUT2D eigenvalue weighted by molar-refractivity contribution is -0.137. The molecule has 0 amide bonds. The maximum Gasteiger partial charge on any atom is 0.418 e. The number of hydrogen-bond donors (Lipinski definition) is 1. The molecule has 3 nitrogen and oxygen atoms in total. The van der Waals surface area contributed by atoms with Gasteiger partial charge in [0.25, 0.3) is 0 Å². The third-order valence-corrected chi connectivity index (χ3v) is 2.35. The summed E-state index contributed by atoms with van der Waals surface area (Å²) < 4.78 is 48.3. The van der Waals surface area contributed by atoms with Crippen LogP contribution in [0.5, 0.6) is 5.75 Å². The van der Waals surface area contributed by atoms with Crippen LogP contribution in [0.1, 0.15) is 12.5 Å². The van der Waals surface area contributed by atoms with Gasteiger partial charge < -0.3 is 14.8 Å². The van der Waals surface area contributed by atoms with Crippen LogP contribution in [0, 0.1) is 0 Å². The SMILES string of the molecule is COCC(C)Nc1ccc(OC)cc1C(F)(F)F. The van der Waals surface area contributed by atoms with Crippen molar-refractivity contribution in [2.24, 2.45) is 0 Å². The summed E-state index contributed by atoms with van der Waals surface area (Å²) in [6, 6.07) is 3.59. The molecule has 0 fully saturated rings. The van der Waals surface area contributed by atoms with Crippen molar-refractivity contribution in [3.05, 3.63) is 23.8 Å². The van der Waals surface area contributed by atoms with Gasteiger partial charge >= 0.3 is 6.18 Å². The predicted molar refractivity (Wildman–Crippen MR) is 63.0 cm³/mol. The summed E-state index contributed by atoms with van der Waals surface area (Å²) in [6.45, 7) is 2.07. The molecule has 0 saturated carbocycles. The average molecular weight is 263 g/mol. The van der Waals surface area contributed by atoms with E-state index in [1.807, 2.05) is 0 Å². The van der Waals surface area contributed by atoms with Crippen molar-refractivity contribution in [1.82, 2.24) is 0 Å². The third-order valence-electron chi connectivity index (χ3n) is 2.35. The molecule has 0 spiro atoms. The molecule has 0 aromatic heterocycles. The van der Waals surface area contributed by atoms with Crippen molar-refractivity contribution in [3.8, 4) is 5.75 Å². The van der Waals surface area contributed by atoms with Crippen LogP contribution < -0.4 is 10.1 Å². The molecule has 1 atom stereocenters. The number of hydrogen-bond acceptors (Lipinski definition) is 3. The molecule has 102 valence electrons. The first kappa shape index (κ1) is 14.6. The average Bonchev–Trinajstić information content (AvgIpc) is 2.28. The molecule has 1 rings (SSSR count). The minimum absolute atomic E-state index is 0.0212. The maximum atomic E-state index is 12.9. The van der Waals surface area contributed by atoms with Gasteiger partial charge in [-0.2, -0.15) is 13.2 Å². The van der Waals surface area contributed by atoms with E-state index in [1.54, 1.807) is 6.92 Å². The highest BCUT2D eigenvalue weighted by molar-refractivity contribution is 5.56. The highest BCUT2D eigenvalue weighted by atomic mass is 19.4. The van der Waals surface area contributed by atoms with Crippen molar-refractivity contribution >= 4 is 5.69 Å². The van der Waals surface area contributed by atoms with Crippen LogP contribution in [-0.4, -0.2) is 26.9 Å². The molecular formula is C12H16F3NO2. The molecule has 0 aliphatic rings. The molecule has 18 heavy (non-hydrogen) atoms. The minimum atomic E-state index is -4.43. The van der Waals surface area contributed by atoms with Gasteiger partial charge in [0.15, 0.2) is 0 Å². The fourth-order valence-electron chi connectivity index (χ4n) is 1.57. The minimum Gasteiger partial charge on any atom is -0.497 e. The number of ether oxygens (including phenoxy) is 2. The number of benzene rings is 1. The summed E-state index contributed by atoms with van der Waals surface area (Å²) >= 11 is 0. The number of halogens is 3. The van der Waals surface area contributed by atoms with Gasteiger partial charge in [-0.05, 0) is 25.1 Å². The Kier molecular flexibility index (Phi) is 4.84. The van der Waals surface area contributed by atoms with Crippen LogP contribution in [0.3, 0.4) is 0 Å². The Morgan fingerprint density at radius 1 is 1.28 bits per heavy atom. The van der Waals surface area contributed by atoms with Crippen LogP contribution >= 0.6 is 0 Å². The Morgan fingerprint density at radius 2 is 1.94 bits per heavy atom. The zero-order chi connectivity index (χ0) is 13.8. The Labute approximate surface area is 104 Å². The largest absolute Gasteiger partial charge is 0.497 e. The van der Waals surface area contributed by atoms with Gasteiger partial charge in [-0.15, -0.1) is 0 Å². The molecular weight excluding hydrogens is 247 g/mol. The summed E-state index contributed by atoms with van der Waals surface area (Å²) in [5.74, 6) is 0.173. The second-order valence-corrected chi connectivity index (χ2v) is 3.91. The molecule has 6 heteroatoms. The van der Waals surface area contributed by atoms with Crippen molar-refractivity contribution in [2.45, 2.75) is 19.1 Å². The Balaban J connectivity index is 3.03. The molecule has 1 N–H and O–H groups in total. The first-order valence-corrected chi connectivity index (χ1v) is 5.39. The fraction of sp³-hybridized carbons (Fsp3) is 0.500. The summed E-state index contributed by atoms with van der Waals surface area (Å²) in [6.07, 6.45) is -4.43. The maximum absolute atomic E-state index is 12.9. The van der Waals surface area contributed by atoms with Crippen LogP contribution in [0.4, 0.5) is 18.9 Å². The lowest BCUT2D eigenvalue weighted by atomic mass is 10.1. The molecule has 1 aromatic rings. The van der Waals surface area contributed by atoms with Gasteiger partial charge in [0.05, 0.1) is 19.3 Å². The molecule has 0 aliphatic heterocycles. The third kappa shape index (κ3) is 3.80. The van der Waals surface area contributed by atoms with E-state index in [4.69, 9.17) is 9.47 Å². The fourth-order valence-corrected chi connectivity index (χ4v) is 1.57. The molecule has 0 radical (unpaired) electrons. The Hall–Kier alpha value is -1.43. The number of methoxy groups -OCH3 is 2. The number of rotatable bonds is 5.